The lowest BCUT2D eigenvalue weighted by Gasteiger charge is -2.38. The van der Waals surface area contributed by atoms with Gasteiger partial charge in [-0.3, -0.25) is 19.3 Å². The zero-order valence-electron chi connectivity index (χ0n) is 18.9. The first-order chi connectivity index (χ1) is 16.0. The number of hydrogen-bond acceptors (Lipinski definition) is 5. The Morgan fingerprint density at radius 1 is 0.939 bits per heavy atom. The normalized spacial score (nSPS) is 19.2. The molecule has 3 amide bonds. The second-order valence-corrected chi connectivity index (χ2v) is 8.43. The van der Waals surface area contributed by atoms with Crippen molar-refractivity contribution in [3.8, 4) is 11.5 Å². The van der Waals surface area contributed by atoms with Crippen molar-refractivity contribution in [2.75, 3.05) is 39.3 Å². The Balaban J connectivity index is 1.39. The van der Waals surface area contributed by atoms with Gasteiger partial charge in [-0.25, -0.2) is 0 Å². The van der Waals surface area contributed by atoms with Crippen LogP contribution in [0.5, 0.6) is 11.5 Å². The van der Waals surface area contributed by atoms with E-state index in [4.69, 9.17) is 4.74 Å². The molecule has 8 heteroatoms. The highest BCUT2D eigenvalue weighted by Crippen LogP contribution is 2.23. The van der Waals surface area contributed by atoms with E-state index in [9.17, 15) is 14.4 Å². The third kappa shape index (κ3) is 5.90. The fourth-order valence-corrected chi connectivity index (χ4v) is 4.30. The van der Waals surface area contributed by atoms with Gasteiger partial charge in [-0.05, 0) is 29.8 Å². The van der Waals surface area contributed by atoms with Crippen LogP contribution >= 0.6 is 0 Å². The highest BCUT2D eigenvalue weighted by molar-refractivity contribution is 5.89. The Kier molecular flexibility index (Phi) is 7.24. The first-order valence-electron chi connectivity index (χ1n) is 11.4. The Morgan fingerprint density at radius 3 is 2.36 bits per heavy atom. The molecule has 174 valence electrons. The average molecular weight is 451 g/mol. The molecule has 0 spiro atoms. The quantitative estimate of drug-likeness (QED) is 0.727. The molecular weight excluding hydrogens is 420 g/mol. The minimum absolute atomic E-state index is 0.0263. The molecule has 2 aliphatic heterocycles. The molecule has 1 atom stereocenters. The van der Waals surface area contributed by atoms with Gasteiger partial charge in [0, 0.05) is 52.7 Å². The van der Waals surface area contributed by atoms with Crippen LogP contribution in [0.3, 0.4) is 0 Å². The third-order valence-electron chi connectivity index (χ3n) is 6.15. The van der Waals surface area contributed by atoms with Crippen molar-refractivity contribution in [3.05, 3.63) is 60.2 Å². The number of para-hydroxylation sites is 1. The topological polar surface area (TPSA) is 82.2 Å². The summed E-state index contributed by atoms with van der Waals surface area (Å²) in [5.74, 6) is 1.36. The van der Waals surface area contributed by atoms with E-state index in [0.29, 0.717) is 45.8 Å². The van der Waals surface area contributed by atoms with E-state index in [1.807, 2.05) is 54.6 Å². The number of amides is 3. The summed E-state index contributed by atoms with van der Waals surface area (Å²) in [4.78, 5) is 42.7. The molecule has 2 aromatic carbocycles. The van der Waals surface area contributed by atoms with Gasteiger partial charge >= 0.3 is 0 Å². The van der Waals surface area contributed by atoms with Gasteiger partial charge in [-0.15, -0.1) is 0 Å². The summed E-state index contributed by atoms with van der Waals surface area (Å²) in [7, 11) is 0. The highest BCUT2D eigenvalue weighted by atomic mass is 16.5. The second-order valence-electron chi connectivity index (χ2n) is 8.43. The molecule has 0 unspecified atom stereocenters. The molecule has 1 N–H and O–H groups in total. The van der Waals surface area contributed by atoms with Crippen LogP contribution in [0, 0.1) is 0 Å². The molecule has 0 bridgehead atoms. The van der Waals surface area contributed by atoms with Gasteiger partial charge in [0.25, 0.3) is 0 Å². The SMILES string of the molecule is CC(=O)N1CCN(C(=O)C[C@H]2C(=O)NCCN2Cc2cccc(Oc3ccccc3)c2)CC1. The molecule has 2 heterocycles. The van der Waals surface area contributed by atoms with Crippen LogP contribution in [0.1, 0.15) is 18.9 Å². The Labute approximate surface area is 194 Å². The van der Waals surface area contributed by atoms with Gasteiger partial charge in [0.15, 0.2) is 0 Å². The van der Waals surface area contributed by atoms with Crippen molar-refractivity contribution in [3.63, 3.8) is 0 Å². The minimum Gasteiger partial charge on any atom is -0.457 e. The lowest BCUT2D eigenvalue weighted by Crippen LogP contribution is -2.57. The van der Waals surface area contributed by atoms with Crippen LogP contribution in [0.2, 0.25) is 0 Å². The monoisotopic (exact) mass is 450 g/mol. The first kappa shape index (κ1) is 22.8. The summed E-state index contributed by atoms with van der Waals surface area (Å²) in [6.45, 7) is 5.41. The number of nitrogens with zero attached hydrogens (tertiary/aromatic N) is 3. The third-order valence-corrected chi connectivity index (χ3v) is 6.15. The van der Waals surface area contributed by atoms with Gasteiger partial charge in [-0.1, -0.05) is 30.3 Å². The molecule has 33 heavy (non-hydrogen) atoms. The summed E-state index contributed by atoms with van der Waals surface area (Å²) in [5.41, 5.74) is 1.02. The fourth-order valence-electron chi connectivity index (χ4n) is 4.30. The Hall–Kier alpha value is -3.39. The molecule has 0 radical (unpaired) electrons. The van der Waals surface area contributed by atoms with E-state index in [2.05, 4.69) is 10.2 Å². The van der Waals surface area contributed by atoms with E-state index in [0.717, 1.165) is 17.1 Å². The molecule has 8 nitrogen and oxygen atoms in total. The lowest BCUT2D eigenvalue weighted by atomic mass is 10.1. The lowest BCUT2D eigenvalue weighted by molar-refractivity contribution is -0.142. The number of rotatable bonds is 6. The number of hydrogen-bond donors (Lipinski definition) is 1. The van der Waals surface area contributed by atoms with Gasteiger partial charge < -0.3 is 19.9 Å². The van der Waals surface area contributed by atoms with E-state index in [-0.39, 0.29) is 24.1 Å². The molecular formula is C25H30N4O4. The van der Waals surface area contributed by atoms with Crippen molar-refractivity contribution >= 4 is 17.7 Å². The Bertz CT molecular complexity index is 989. The average Bonchev–Trinajstić information content (AvgIpc) is 2.82. The summed E-state index contributed by atoms with van der Waals surface area (Å²) in [6.07, 6.45) is 0.131. The molecule has 0 saturated carbocycles. The molecule has 2 aliphatic rings. The van der Waals surface area contributed by atoms with Gasteiger partial charge in [0.2, 0.25) is 17.7 Å². The smallest absolute Gasteiger partial charge is 0.237 e. The van der Waals surface area contributed by atoms with Crippen molar-refractivity contribution in [1.82, 2.24) is 20.0 Å². The Morgan fingerprint density at radius 2 is 1.64 bits per heavy atom. The minimum atomic E-state index is -0.518. The maximum atomic E-state index is 12.9. The van der Waals surface area contributed by atoms with E-state index >= 15 is 0 Å². The fraction of sp³-hybridized carbons (Fsp3) is 0.400. The van der Waals surface area contributed by atoms with Crippen LogP contribution in [-0.2, 0) is 20.9 Å². The van der Waals surface area contributed by atoms with Crippen LogP contribution in [-0.4, -0.2) is 77.7 Å². The molecule has 2 aromatic rings. The number of nitrogens with one attached hydrogen (secondary N) is 1. The molecule has 4 rings (SSSR count). The highest BCUT2D eigenvalue weighted by Gasteiger charge is 2.33. The van der Waals surface area contributed by atoms with Crippen LogP contribution < -0.4 is 10.1 Å². The summed E-state index contributed by atoms with van der Waals surface area (Å²) >= 11 is 0. The molecule has 2 saturated heterocycles. The molecule has 0 aromatic heterocycles. The standard InChI is InChI=1S/C25H30N4O4/c1-19(30)27-12-14-28(15-13-27)24(31)17-23-25(32)26-10-11-29(23)18-20-6-5-9-22(16-20)33-21-7-3-2-4-8-21/h2-9,16,23H,10-15,17-18H2,1H3,(H,26,32)/t23-/m0/s1. The molecule has 0 aliphatic carbocycles. The molecule has 2 fully saturated rings. The van der Waals surface area contributed by atoms with Crippen molar-refractivity contribution in [2.24, 2.45) is 0 Å². The maximum Gasteiger partial charge on any atom is 0.237 e. The second kappa shape index (κ2) is 10.5. The van der Waals surface area contributed by atoms with E-state index in [1.54, 1.807) is 16.7 Å². The largest absolute Gasteiger partial charge is 0.457 e. The van der Waals surface area contributed by atoms with Crippen molar-refractivity contribution < 1.29 is 19.1 Å². The summed E-state index contributed by atoms with van der Waals surface area (Å²) < 4.78 is 5.94. The van der Waals surface area contributed by atoms with Crippen molar-refractivity contribution in [2.45, 2.75) is 25.9 Å². The number of carbonyl (C=O) groups is 3. The number of benzene rings is 2. The zero-order valence-corrected chi connectivity index (χ0v) is 18.9. The van der Waals surface area contributed by atoms with Gasteiger partial charge in [0.05, 0.1) is 12.5 Å². The maximum absolute atomic E-state index is 12.9. The van der Waals surface area contributed by atoms with E-state index < -0.39 is 6.04 Å². The van der Waals surface area contributed by atoms with E-state index in [1.165, 1.54) is 0 Å². The summed E-state index contributed by atoms with van der Waals surface area (Å²) in [6, 6.07) is 16.9. The number of ether oxygens (including phenoxy) is 1. The predicted octanol–water partition coefficient (Wildman–Crippen LogP) is 1.86. The van der Waals surface area contributed by atoms with Crippen molar-refractivity contribution in [1.29, 1.82) is 0 Å². The predicted molar refractivity (Wildman–Crippen MR) is 124 cm³/mol. The van der Waals surface area contributed by atoms with Gasteiger partial charge in [-0.2, -0.15) is 0 Å². The van der Waals surface area contributed by atoms with Gasteiger partial charge in [0.1, 0.15) is 11.5 Å². The van der Waals surface area contributed by atoms with Crippen LogP contribution in [0.15, 0.2) is 54.6 Å². The van der Waals surface area contributed by atoms with Crippen LogP contribution in [0.25, 0.3) is 0 Å². The number of piperazine rings is 2. The zero-order chi connectivity index (χ0) is 23.2. The van der Waals surface area contributed by atoms with Crippen LogP contribution in [0.4, 0.5) is 0 Å². The number of carbonyl (C=O) groups excluding carboxylic acids is 3. The summed E-state index contributed by atoms with van der Waals surface area (Å²) in [5, 5.41) is 2.89. The first-order valence-corrected chi connectivity index (χ1v) is 11.4.